The number of aromatic nitrogens is 2. The van der Waals surface area contributed by atoms with Gasteiger partial charge in [0.05, 0.1) is 17.9 Å². The lowest BCUT2D eigenvalue weighted by Crippen LogP contribution is -2.38. The summed E-state index contributed by atoms with van der Waals surface area (Å²) in [6.07, 6.45) is 2.25. The molecule has 2 amide bonds. The Morgan fingerprint density at radius 3 is 2.48 bits per heavy atom. The molecule has 0 aliphatic heterocycles. The number of aryl methyl sites for hydroxylation is 1. The quantitative estimate of drug-likeness (QED) is 0.714. The molecule has 0 saturated carbocycles. The van der Waals surface area contributed by atoms with Gasteiger partial charge in [0.2, 0.25) is 11.8 Å². The zero-order chi connectivity index (χ0) is 21.6. The van der Waals surface area contributed by atoms with Gasteiger partial charge in [-0.25, -0.2) is 4.68 Å². The third-order valence-corrected chi connectivity index (χ3v) is 4.76. The molecule has 6 heteroatoms. The highest BCUT2D eigenvalue weighted by Crippen LogP contribution is 2.26. The summed E-state index contributed by atoms with van der Waals surface area (Å²) in [6.45, 7) is 12.8. The molecule has 1 aromatic carbocycles. The summed E-state index contributed by atoms with van der Waals surface area (Å²) in [4.78, 5) is 26.6. The number of hydrogen-bond donors (Lipinski definition) is 1. The zero-order valence-corrected chi connectivity index (χ0v) is 18.6. The van der Waals surface area contributed by atoms with Gasteiger partial charge in [-0.1, -0.05) is 53.2 Å². The van der Waals surface area contributed by atoms with Crippen LogP contribution in [-0.2, 0) is 15.0 Å². The topological polar surface area (TPSA) is 67.2 Å². The van der Waals surface area contributed by atoms with Crippen molar-refractivity contribution >= 4 is 17.6 Å². The number of rotatable bonds is 8. The van der Waals surface area contributed by atoms with Crippen molar-refractivity contribution in [2.24, 2.45) is 0 Å². The molecule has 2 rings (SSSR count). The van der Waals surface area contributed by atoms with Gasteiger partial charge in [0, 0.05) is 24.4 Å². The number of hydrogen-bond acceptors (Lipinski definition) is 3. The number of amides is 2. The summed E-state index contributed by atoms with van der Waals surface area (Å²) in [5.41, 5.74) is 2.75. The van der Waals surface area contributed by atoms with E-state index in [-0.39, 0.29) is 23.8 Å². The zero-order valence-electron chi connectivity index (χ0n) is 18.6. The van der Waals surface area contributed by atoms with Crippen LogP contribution < -0.4 is 5.32 Å². The summed E-state index contributed by atoms with van der Waals surface area (Å²) in [5.74, 6) is 0.401. The normalized spacial score (nSPS) is 11.4. The van der Waals surface area contributed by atoms with Crippen LogP contribution in [0.15, 0.2) is 30.3 Å². The fourth-order valence-electron chi connectivity index (χ4n) is 3.01. The fourth-order valence-corrected chi connectivity index (χ4v) is 3.01. The van der Waals surface area contributed by atoms with Crippen molar-refractivity contribution in [3.05, 3.63) is 41.6 Å². The summed E-state index contributed by atoms with van der Waals surface area (Å²) < 4.78 is 1.77. The molecule has 0 spiro atoms. The second-order valence-electron chi connectivity index (χ2n) is 8.49. The lowest BCUT2D eigenvalue weighted by molar-refractivity contribution is -0.134. The average Bonchev–Trinajstić information content (AvgIpc) is 3.08. The molecule has 0 fully saturated rings. The van der Waals surface area contributed by atoms with E-state index in [9.17, 15) is 9.59 Å². The summed E-state index contributed by atoms with van der Waals surface area (Å²) in [5, 5.41) is 7.72. The van der Waals surface area contributed by atoms with Crippen molar-refractivity contribution in [2.45, 2.75) is 66.2 Å². The lowest BCUT2D eigenvalue weighted by Gasteiger charge is -2.21. The second kappa shape index (κ2) is 9.72. The van der Waals surface area contributed by atoms with Crippen LogP contribution >= 0.6 is 0 Å². The van der Waals surface area contributed by atoms with Gasteiger partial charge >= 0.3 is 0 Å². The monoisotopic (exact) mass is 398 g/mol. The standard InChI is InChI=1S/C23H34N4O2/c1-7-9-13-26(22(29)8-2)16-21(28)24-20-15-19(23(4,5)6)25-27(20)18-12-10-11-17(3)14-18/h10-12,14-15H,7-9,13,16H2,1-6H3,(H,24,28). The van der Waals surface area contributed by atoms with Crippen LogP contribution in [-0.4, -0.2) is 39.6 Å². The summed E-state index contributed by atoms with van der Waals surface area (Å²) in [6, 6.07) is 9.91. The van der Waals surface area contributed by atoms with E-state index in [0.717, 1.165) is 29.8 Å². The minimum Gasteiger partial charge on any atom is -0.333 e. The predicted octanol–water partition coefficient (Wildman–Crippen LogP) is 4.46. The van der Waals surface area contributed by atoms with E-state index in [0.29, 0.717) is 18.8 Å². The van der Waals surface area contributed by atoms with E-state index >= 15 is 0 Å². The van der Waals surface area contributed by atoms with E-state index in [1.54, 1.807) is 9.58 Å². The SMILES string of the molecule is CCCCN(CC(=O)Nc1cc(C(C)(C)C)nn1-c1cccc(C)c1)C(=O)CC. The molecule has 0 atom stereocenters. The highest BCUT2D eigenvalue weighted by Gasteiger charge is 2.22. The number of nitrogens with zero attached hydrogens (tertiary/aromatic N) is 3. The van der Waals surface area contributed by atoms with Gasteiger partial charge in [-0.2, -0.15) is 5.10 Å². The largest absolute Gasteiger partial charge is 0.333 e. The third kappa shape index (κ3) is 6.17. The van der Waals surface area contributed by atoms with Crippen molar-refractivity contribution in [1.82, 2.24) is 14.7 Å². The molecule has 0 saturated heterocycles. The van der Waals surface area contributed by atoms with Crippen LogP contribution in [0.5, 0.6) is 0 Å². The Balaban J connectivity index is 2.29. The van der Waals surface area contributed by atoms with Gasteiger partial charge in [0.15, 0.2) is 0 Å². The number of nitrogens with one attached hydrogen (secondary N) is 1. The van der Waals surface area contributed by atoms with E-state index in [1.165, 1.54) is 0 Å². The van der Waals surface area contributed by atoms with E-state index in [1.807, 2.05) is 44.2 Å². The molecule has 1 aromatic heterocycles. The maximum Gasteiger partial charge on any atom is 0.245 e. The van der Waals surface area contributed by atoms with E-state index in [4.69, 9.17) is 5.10 Å². The fraction of sp³-hybridized carbons (Fsp3) is 0.522. The second-order valence-corrected chi connectivity index (χ2v) is 8.49. The molecule has 0 aliphatic carbocycles. The summed E-state index contributed by atoms with van der Waals surface area (Å²) in [7, 11) is 0. The van der Waals surface area contributed by atoms with E-state index < -0.39 is 0 Å². The molecule has 29 heavy (non-hydrogen) atoms. The first-order chi connectivity index (χ1) is 13.7. The van der Waals surface area contributed by atoms with Crippen LogP contribution in [0.4, 0.5) is 5.82 Å². The molecule has 6 nitrogen and oxygen atoms in total. The van der Waals surface area contributed by atoms with Crippen molar-refractivity contribution in [2.75, 3.05) is 18.4 Å². The predicted molar refractivity (Wildman–Crippen MR) is 117 cm³/mol. The van der Waals surface area contributed by atoms with Gasteiger partial charge < -0.3 is 10.2 Å². The first-order valence-electron chi connectivity index (χ1n) is 10.4. The van der Waals surface area contributed by atoms with Gasteiger partial charge in [-0.15, -0.1) is 0 Å². The Morgan fingerprint density at radius 2 is 1.90 bits per heavy atom. The smallest absolute Gasteiger partial charge is 0.245 e. The van der Waals surface area contributed by atoms with Crippen LogP contribution in [0.25, 0.3) is 5.69 Å². The van der Waals surface area contributed by atoms with Crippen molar-refractivity contribution in [3.63, 3.8) is 0 Å². The number of carbonyl (C=O) groups is 2. The third-order valence-electron chi connectivity index (χ3n) is 4.76. The molecule has 1 N–H and O–H groups in total. The Bertz CT molecular complexity index is 849. The van der Waals surface area contributed by atoms with E-state index in [2.05, 4.69) is 33.0 Å². The Morgan fingerprint density at radius 1 is 1.17 bits per heavy atom. The first-order valence-corrected chi connectivity index (χ1v) is 10.4. The van der Waals surface area contributed by atoms with Gasteiger partial charge in [-0.3, -0.25) is 9.59 Å². The molecule has 2 aromatic rings. The highest BCUT2D eigenvalue weighted by atomic mass is 16.2. The number of benzene rings is 1. The van der Waals surface area contributed by atoms with Crippen LogP contribution in [0.3, 0.4) is 0 Å². The molecule has 1 heterocycles. The number of carbonyl (C=O) groups excluding carboxylic acids is 2. The Labute approximate surface area is 174 Å². The Hall–Kier alpha value is -2.63. The molecule has 158 valence electrons. The van der Waals surface area contributed by atoms with Gasteiger partial charge in [0.25, 0.3) is 0 Å². The molecular weight excluding hydrogens is 364 g/mol. The van der Waals surface area contributed by atoms with Gasteiger partial charge in [0.1, 0.15) is 5.82 Å². The maximum absolute atomic E-state index is 12.8. The molecule has 0 unspecified atom stereocenters. The summed E-state index contributed by atoms with van der Waals surface area (Å²) >= 11 is 0. The van der Waals surface area contributed by atoms with Crippen molar-refractivity contribution in [1.29, 1.82) is 0 Å². The van der Waals surface area contributed by atoms with Crippen LogP contribution in [0, 0.1) is 6.92 Å². The molecule has 0 bridgehead atoms. The minimum atomic E-state index is -0.211. The van der Waals surface area contributed by atoms with Crippen molar-refractivity contribution in [3.8, 4) is 5.69 Å². The number of unbranched alkanes of at least 4 members (excludes halogenated alkanes) is 1. The first kappa shape index (κ1) is 22.7. The Kier molecular flexibility index (Phi) is 7.59. The van der Waals surface area contributed by atoms with Crippen LogP contribution in [0.1, 0.15) is 65.1 Å². The number of anilines is 1. The minimum absolute atomic E-state index is 0.00354. The van der Waals surface area contributed by atoms with Crippen molar-refractivity contribution < 1.29 is 9.59 Å². The molecular formula is C23H34N4O2. The van der Waals surface area contributed by atoms with Crippen LogP contribution in [0.2, 0.25) is 0 Å². The lowest BCUT2D eigenvalue weighted by atomic mass is 9.92. The molecule has 0 radical (unpaired) electrons. The highest BCUT2D eigenvalue weighted by molar-refractivity contribution is 5.94. The molecule has 0 aliphatic rings. The maximum atomic E-state index is 12.8. The van der Waals surface area contributed by atoms with Gasteiger partial charge in [-0.05, 0) is 31.0 Å². The average molecular weight is 399 g/mol.